The number of hydrogen-bond donors (Lipinski definition) is 7. The normalized spacial score (nSPS) is 13.6. The van der Waals surface area contributed by atoms with Gasteiger partial charge in [0.25, 0.3) is 41.4 Å². The lowest BCUT2D eigenvalue weighted by Crippen LogP contribution is -2.34. The van der Waals surface area contributed by atoms with Crippen molar-refractivity contribution in [2.75, 3.05) is 58.3 Å². The molecule has 7 aliphatic heterocycles. The molecule has 9 aromatic carbocycles. The first-order valence-electron chi connectivity index (χ1n) is 43.2. The van der Waals surface area contributed by atoms with Gasteiger partial charge < -0.3 is 71.2 Å². The second kappa shape index (κ2) is 56.2. The standard InChI is InChI=1S/2C18H21FN2O4.C16H13NO2.2C13H13FN2O2.C9H6FNO.C9H7NO2.C7H6FNO2.2ClH/c2*1-18(2,3)25-17(23)21-10-12(9-19)11-24-14-4-5-15-13(8-14)6-7-20-16(15)22;18-16-15-7-6-14(10-13(15)8-9-17-16)19-11-12-4-2-1-3-5-12;2*14-6-9(7-15)8-18-11-1-2-12-10(5-11)3-4-16-13(12)17;10-7-1-2-8-6(5-7)3-4-11-9(8)12;11-7-1-2-8-6(5-7)3-4-10-9(8)12;8-4-1-2-5(7(10)11)6(9)3-4;;/h2*4-5,7-9H,6,10-11H2,1-3H3,(H,21,23);1-7,9-10H,8,11H2;2*1-2,4-6H,3,7-8,15H2;1-2,4-5H,3H2;1-2,4-5,11H,3H2;1-3H,9H2,(H,10,11);2*1H/b12-9+;12-9-;;2*9-6+;;;;;. The van der Waals surface area contributed by atoms with Crippen LogP contribution in [0.4, 0.5) is 41.6 Å². The number of phenols is 1. The number of rotatable bonds is 22. The number of carbonyl (C=O) groups is 10. The number of aliphatic imine (C=N–C) groups is 7. The lowest BCUT2D eigenvalue weighted by molar-refractivity contribution is 0.0520. The number of carboxylic acid groups (broad SMARTS) is 1. The molecule has 0 radical (unpaired) electrons. The third-order valence-corrected chi connectivity index (χ3v) is 19.8. The number of nitrogen functional groups attached to an aromatic ring is 1. The van der Waals surface area contributed by atoms with Gasteiger partial charge in [-0.05, 0) is 232 Å². The number of nitrogens with one attached hydrogen (secondary N) is 2. The van der Waals surface area contributed by atoms with Gasteiger partial charge in [-0.15, -0.1) is 24.8 Å². The highest BCUT2D eigenvalue weighted by molar-refractivity contribution is 6.08. The molecule has 744 valence electrons. The van der Waals surface area contributed by atoms with E-state index < -0.39 is 35.2 Å². The summed E-state index contributed by atoms with van der Waals surface area (Å²) in [5.74, 6) is -0.537. The quantitative estimate of drug-likeness (QED) is 0.0245. The third-order valence-electron chi connectivity index (χ3n) is 19.8. The number of alkyl carbamates (subject to hydrolysis) is 2. The van der Waals surface area contributed by atoms with E-state index in [2.05, 4.69) is 45.6 Å². The van der Waals surface area contributed by atoms with E-state index in [0.717, 1.165) is 68.5 Å². The summed E-state index contributed by atoms with van der Waals surface area (Å²) in [5.41, 5.74) is 26.8. The van der Waals surface area contributed by atoms with E-state index in [0.29, 0.717) is 150 Å². The van der Waals surface area contributed by atoms with Crippen LogP contribution >= 0.6 is 24.8 Å². The van der Waals surface area contributed by atoms with Crippen LogP contribution in [0.15, 0.2) is 258 Å². The van der Waals surface area contributed by atoms with Crippen LogP contribution in [-0.2, 0) is 61.0 Å². The summed E-state index contributed by atoms with van der Waals surface area (Å²) in [5, 5.41) is 22.5. The van der Waals surface area contributed by atoms with Crippen LogP contribution in [-0.4, -0.2) is 177 Å². The molecule has 10 N–H and O–H groups in total. The molecule has 9 amide bonds. The van der Waals surface area contributed by atoms with Crippen LogP contribution in [0.3, 0.4) is 0 Å². The number of fused-ring (bicyclic) bond motifs is 7. The minimum absolute atomic E-state index is 0. The van der Waals surface area contributed by atoms with Crippen LogP contribution in [0.5, 0.6) is 34.5 Å². The minimum atomic E-state index is -1.15. The minimum Gasteiger partial charge on any atom is -0.508 e. The molecule has 31 nitrogen and oxygen atoms in total. The van der Waals surface area contributed by atoms with Crippen LogP contribution < -0.4 is 51.5 Å². The highest BCUT2D eigenvalue weighted by atomic mass is 35.5. The lowest BCUT2D eigenvalue weighted by atomic mass is 10.0. The van der Waals surface area contributed by atoms with Crippen LogP contribution in [0, 0.1) is 11.6 Å². The molecule has 9 aromatic rings. The van der Waals surface area contributed by atoms with Crippen molar-refractivity contribution in [2.24, 2.45) is 46.4 Å². The molecule has 0 unspecified atom stereocenters. The Morgan fingerprint density at radius 2 is 0.634 bits per heavy atom. The average Bonchev–Trinajstić information content (AvgIpc) is 0.823. The highest BCUT2D eigenvalue weighted by Crippen LogP contribution is 2.30. The van der Waals surface area contributed by atoms with Crippen molar-refractivity contribution >= 4 is 134 Å². The number of ether oxygens (including phenoxy) is 7. The van der Waals surface area contributed by atoms with Crippen molar-refractivity contribution in [1.82, 2.24) is 10.6 Å². The number of nitrogens with two attached hydrogens (primary N) is 3. The van der Waals surface area contributed by atoms with Crippen LogP contribution in [0.2, 0.25) is 0 Å². The Balaban J connectivity index is 0.000000223. The van der Waals surface area contributed by atoms with Crippen molar-refractivity contribution < 1.29 is 118 Å². The van der Waals surface area contributed by atoms with Gasteiger partial charge in [0.05, 0.1) is 30.9 Å². The predicted molar refractivity (Wildman–Crippen MR) is 531 cm³/mol. The monoisotopic (exact) mass is 1990 g/mol. The van der Waals surface area contributed by atoms with Crippen molar-refractivity contribution in [2.45, 2.75) is 104 Å². The molecule has 39 heteroatoms. The zero-order chi connectivity index (χ0) is 101. The summed E-state index contributed by atoms with van der Waals surface area (Å²) in [6, 6.07) is 47.7. The fourth-order valence-electron chi connectivity index (χ4n) is 12.8. The van der Waals surface area contributed by atoms with E-state index >= 15 is 0 Å². The van der Waals surface area contributed by atoms with E-state index in [-0.39, 0.29) is 153 Å². The van der Waals surface area contributed by atoms with Crippen LogP contribution in [0.25, 0.3) is 0 Å². The zero-order valence-corrected chi connectivity index (χ0v) is 79.3. The van der Waals surface area contributed by atoms with Gasteiger partial charge in [-0.3, -0.25) is 33.6 Å². The van der Waals surface area contributed by atoms with Crippen LogP contribution in [0.1, 0.15) is 169 Å². The number of anilines is 1. The number of carboxylic acids is 1. The maximum atomic E-state index is 13.0. The second-order valence-electron chi connectivity index (χ2n) is 32.6. The summed E-state index contributed by atoms with van der Waals surface area (Å²) in [6.07, 6.45) is 15.5. The SMILES string of the molecule is CC(C)(C)OC(=O)NC/C(=C/F)COc1ccc2c(c1)CC=NC2=O.CC(C)(C)OC(=O)NC/C(=C\F)COc1ccc2c(c1)CC=NC2=O.Cl.Cl.NC/C(=C\F)COc1ccc2c(c1)CC=NC2=O.NC/C(=C\F)COc1ccc2c(c1)CC=NC2=O.Nc1cc(F)ccc1C(=O)O.O=C1N=CCc2cc(F)ccc21.O=C1N=CCc2cc(O)ccc21.O=C1N=CCc2cc(OCc3ccccc3)ccc21. The van der Waals surface area contributed by atoms with Gasteiger partial charge in [0.2, 0.25) is 0 Å². The molecule has 0 aromatic heterocycles. The Labute approximate surface area is 825 Å². The fraction of sp³-hybridized carbons (Fsp3) is 0.233. The van der Waals surface area contributed by atoms with E-state index in [1.807, 2.05) is 42.5 Å². The van der Waals surface area contributed by atoms with Gasteiger partial charge in [0.15, 0.2) is 0 Å². The number of hydrogen-bond acceptors (Lipinski definition) is 21. The number of phenolic OH excluding ortho intramolecular Hbond substituents is 1. The second-order valence-corrected chi connectivity index (χ2v) is 32.6. The molecular formula is C103H102Cl2F6N12O19. The van der Waals surface area contributed by atoms with Crippen molar-refractivity contribution in [3.8, 4) is 34.5 Å². The third kappa shape index (κ3) is 36.4. The molecule has 7 aliphatic rings. The Morgan fingerprint density at radius 3 is 0.923 bits per heavy atom. The van der Waals surface area contributed by atoms with E-state index in [4.69, 9.17) is 60.6 Å². The van der Waals surface area contributed by atoms with Crippen molar-refractivity contribution in [1.29, 1.82) is 0 Å². The van der Waals surface area contributed by atoms with Gasteiger partial charge in [0, 0.05) is 182 Å². The largest absolute Gasteiger partial charge is 0.508 e. The molecule has 0 spiro atoms. The number of amides is 9. The van der Waals surface area contributed by atoms with Crippen molar-refractivity contribution in [3.63, 3.8) is 0 Å². The fourth-order valence-corrected chi connectivity index (χ4v) is 12.8. The topological polar surface area (TPSA) is 464 Å². The first kappa shape index (κ1) is 113. The summed E-state index contributed by atoms with van der Waals surface area (Å²) in [6.45, 7) is 11.3. The molecule has 7 heterocycles. The Hall–Kier alpha value is -16.0. The van der Waals surface area contributed by atoms with E-state index in [1.165, 1.54) is 30.5 Å². The molecule has 16 rings (SSSR count). The summed E-state index contributed by atoms with van der Waals surface area (Å²) < 4.78 is 113. The molecule has 0 saturated carbocycles. The predicted octanol–water partition coefficient (Wildman–Crippen LogP) is 17.4. The summed E-state index contributed by atoms with van der Waals surface area (Å²) >= 11 is 0. The maximum Gasteiger partial charge on any atom is 0.407 e. The van der Waals surface area contributed by atoms with Gasteiger partial charge >= 0.3 is 18.2 Å². The van der Waals surface area contributed by atoms with Gasteiger partial charge in [-0.2, -0.15) is 0 Å². The molecule has 142 heavy (non-hydrogen) atoms. The van der Waals surface area contributed by atoms with Gasteiger partial charge in [-0.1, -0.05) is 30.3 Å². The first-order valence-corrected chi connectivity index (χ1v) is 43.2. The summed E-state index contributed by atoms with van der Waals surface area (Å²) in [4.78, 5) is 139. The van der Waals surface area contributed by atoms with Crippen molar-refractivity contribution in [3.05, 3.63) is 324 Å². The molecule has 0 atom stereocenters. The van der Waals surface area contributed by atoms with Gasteiger partial charge in [-0.25, -0.2) is 75.7 Å². The number of nitrogens with zero attached hydrogens (tertiary/aromatic N) is 7. The number of aromatic carboxylic acids is 1. The number of carbonyl (C=O) groups excluding carboxylic acids is 9. The highest BCUT2D eigenvalue weighted by Gasteiger charge is 2.24. The number of benzene rings is 9. The zero-order valence-electron chi connectivity index (χ0n) is 77.7. The maximum absolute atomic E-state index is 13.0. The molecule has 0 saturated heterocycles. The Kier molecular flexibility index (Phi) is 44.7. The molecular weight excluding hydrogens is 1890 g/mol. The van der Waals surface area contributed by atoms with Gasteiger partial charge in [0.1, 0.15) is 90.4 Å². The Morgan fingerprint density at radius 1 is 0.366 bits per heavy atom. The average molecular weight is 2000 g/mol. The van der Waals surface area contributed by atoms with E-state index in [9.17, 15) is 74.3 Å². The number of halogens is 8. The summed E-state index contributed by atoms with van der Waals surface area (Å²) in [7, 11) is 0. The molecule has 0 fully saturated rings. The number of aromatic hydroxyl groups is 1. The lowest BCUT2D eigenvalue weighted by Gasteiger charge is -2.20. The van der Waals surface area contributed by atoms with E-state index in [1.54, 1.807) is 170 Å². The smallest absolute Gasteiger partial charge is 0.407 e. The Bertz CT molecular complexity index is 6140. The molecule has 0 bridgehead atoms. The molecule has 0 aliphatic carbocycles. The first-order chi connectivity index (χ1) is 67.0.